The Morgan fingerprint density at radius 3 is 1.28 bits per heavy atom. The van der Waals surface area contributed by atoms with Crippen LogP contribution in [0.25, 0.3) is 21.5 Å². The molecule has 0 heterocycles. The first-order valence-electron chi connectivity index (χ1n) is 11.9. The molecule has 0 fully saturated rings. The van der Waals surface area contributed by atoms with Crippen molar-refractivity contribution in [3.63, 3.8) is 0 Å². The second-order valence-electron chi connectivity index (χ2n) is 8.39. The topological polar surface area (TPSA) is 6.48 Å². The largest absolute Gasteiger partial charge is 2.00 e. The van der Waals surface area contributed by atoms with Gasteiger partial charge in [0.25, 0.3) is 9.84 Å². The molecular weight excluding hydrogens is 488 g/mol. The number of hydrogen-bond donors (Lipinski definition) is 0. The maximum absolute atomic E-state index is 3.75. The van der Waals surface area contributed by atoms with Crippen molar-refractivity contribution in [2.24, 2.45) is 0 Å². The van der Waals surface area contributed by atoms with Gasteiger partial charge in [0.15, 0.2) is 0 Å². The van der Waals surface area contributed by atoms with Gasteiger partial charge in [0, 0.05) is 26.2 Å². The van der Waals surface area contributed by atoms with Crippen LogP contribution in [0.3, 0.4) is 0 Å². The average molecular weight is 527 g/mol. The normalized spacial score (nSPS) is 10.1. The van der Waals surface area contributed by atoms with Crippen molar-refractivity contribution >= 4 is 31.4 Å². The van der Waals surface area contributed by atoms with Gasteiger partial charge in [-0.25, -0.2) is 0 Å². The summed E-state index contributed by atoms with van der Waals surface area (Å²) in [4.78, 5) is 0. The minimum absolute atomic E-state index is 0. The van der Waals surface area contributed by atoms with Crippen LogP contribution in [0.5, 0.6) is 0 Å². The van der Waals surface area contributed by atoms with Gasteiger partial charge in [-0.2, -0.15) is 12.1 Å². The predicted molar refractivity (Wildman–Crippen MR) is 158 cm³/mol. The SMILES string of the molecule is C=CCN(CC=C)[Si]N(CC=C)CC=C.Cc1cc2ccccc2[cH-]1.Cc1cc2ccccc2[cH-]1.[Ti+2]. The Hall–Kier alpha value is -2.53. The summed E-state index contributed by atoms with van der Waals surface area (Å²) < 4.78 is 4.57. The van der Waals surface area contributed by atoms with Gasteiger partial charge < -0.3 is 9.13 Å². The number of rotatable bonds is 10. The van der Waals surface area contributed by atoms with Gasteiger partial charge in [-0.1, -0.05) is 50.3 Å². The van der Waals surface area contributed by atoms with E-state index in [2.05, 4.69) is 122 Å². The Bertz CT molecular complexity index is 1020. The number of benzene rings is 2. The molecule has 0 unspecified atom stereocenters. The minimum atomic E-state index is 0. The molecule has 0 N–H and O–H groups in total. The quantitative estimate of drug-likeness (QED) is 0.119. The maximum atomic E-state index is 3.75. The monoisotopic (exact) mass is 526 g/mol. The van der Waals surface area contributed by atoms with Gasteiger partial charge in [-0.05, 0) is 0 Å². The van der Waals surface area contributed by atoms with E-state index in [1.165, 1.54) is 32.7 Å². The number of aryl methyl sites for hydroxylation is 2. The minimum Gasteiger partial charge on any atom is -0.305 e. The first kappa shape index (κ1) is 31.5. The zero-order valence-electron chi connectivity index (χ0n) is 21.8. The third kappa shape index (κ3) is 11.0. The molecule has 2 radical (unpaired) electrons. The van der Waals surface area contributed by atoms with Crippen molar-refractivity contribution in [2.75, 3.05) is 26.2 Å². The maximum Gasteiger partial charge on any atom is 2.00 e. The second kappa shape index (κ2) is 17.8. The van der Waals surface area contributed by atoms with Crippen molar-refractivity contribution in [2.45, 2.75) is 13.8 Å². The molecule has 0 aliphatic rings. The summed E-state index contributed by atoms with van der Waals surface area (Å²) in [5.74, 6) is 0. The van der Waals surface area contributed by atoms with Crippen molar-refractivity contribution in [1.29, 1.82) is 0 Å². The molecule has 0 saturated carbocycles. The molecule has 0 atom stereocenters. The Kier molecular flexibility index (Phi) is 15.6. The fraction of sp³-hybridized carbons (Fsp3) is 0.188. The van der Waals surface area contributed by atoms with Gasteiger partial charge >= 0.3 is 21.7 Å². The first-order chi connectivity index (χ1) is 17.0. The Morgan fingerprint density at radius 1 is 0.639 bits per heavy atom. The van der Waals surface area contributed by atoms with Crippen LogP contribution in [0.2, 0.25) is 0 Å². The molecule has 4 heteroatoms. The van der Waals surface area contributed by atoms with Crippen LogP contribution in [-0.4, -0.2) is 45.2 Å². The molecule has 184 valence electrons. The summed E-state index contributed by atoms with van der Waals surface area (Å²) >= 11 is 0. The van der Waals surface area contributed by atoms with Gasteiger partial charge in [-0.15, -0.1) is 108 Å². The molecule has 0 aromatic heterocycles. The van der Waals surface area contributed by atoms with E-state index in [1.807, 2.05) is 24.3 Å². The Labute approximate surface area is 235 Å². The van der Waals surface area contributed by atoms with Crippen molar-refractivity contribution < 1.29 is 21.7 Å². The summed E-state index contributed by atoms with van der Waals surface area (Å²) in [6.07, 6.45) is 7.65. The summed E-state index contributed by atoms with van der Waals surface area (Å²) in [7, 11) is 0.623. The van der Waals surface area contributed by atoms with Gasteiger partial charge in [-0.3, -0.25) is 0 Å². The first-order valence-corrected chi connectivity index (χ1v) is 12.8. The van der Waals surface area contributed by atoms with E-state index in [0.29, 0.717) is 9.84 Å². The van der Waals surface area contributed by atoms with Crippen LogP contribution >= 0.6 is 0 Å². The summed E-state index contributed by atoms with van der Waals surface area (Å²) in [5.41, 5.74) is 2.70. The summed E-state index contributed by atoms with van der Waals surface area (Å²) in [6.45, 7) is 22.8. The zero-order valence-corrected chi connectivity index (χ0v) is 24.4. The van der Waals surface area contributed by atoms with Crippen molar-refractivity contribution in [1.82, 2.24) is 9.13 Å². The molecule has 2 nitrogen and oxygen atoms in total. The smallest absolute Gasteiger partial charge is 0.305 e. The van der Waals surface area contributed by atoms with Crippen LogP contribution in [0.4, 0.5) is 0 Å². The number of nitrogens with zero attached hydrogens (tertiary/aromatic N) is 2. The van der Waals surface area contributed by atoms with E-state index < -0.39 is 0 Å². The molecule has 0 saturated heterocycles. The Balaban J connectivity index is 0.000000272. The van der Waals surface area contributed by atoms with E-state index in [4.69, 9.17) is 0 Å². The molecule has 0 aliphatic carbocycles. The number of fused-ring (bicyclic) bond motifs is 2. The van der Waals surface area contributed by atoms with E-state index >= 15 is 0 Å². The molecule has 4 aromatic carbocycles. The van der Waals surface area contributed by atoms with Crippen LogP contribution in [-0.2, 0) is 21.7 Å². The molecule has 36 heavy (non-hydrogen) atoms. The molecular formula is C32H38N2SiTi. The molecule has 4 aromatic rings. The van der Waals surface area contributed by atoms with E-state index in [1.54, 1.807) is 0 Å². The molecule has 0 bridgehead atoms. The van der Waals surface area contributed by atoms with E-state index in [-0.39, 0.29) is 21.7 Å². The predicted octanol–water partition coefficient (Wildman–Crippen LogP) is 7.60. The number of hydrogen-bond acceptors (Lipinski definition) is 2. The summed E-state index contributed by atoms with van der Waals surface area (Å²) in [5, 5.41) is 5.39. The Morgan fingerprint density at radius 2 is 0.972 bits per heavy atom. The third-order valence-electron chi connectivity index (χ3n) is 5.21. The summed E-state index contributed by atoms with van der Waals surface area (Å²) in [6, 6.07) is 25.7. The van der Waals surface area contributed by atoms with E-state index in [0.717, 1.165) is 26.2 Å². The van der Waals surface area contributed by atoms with Gasteiger partial charge in [0.2, 0.25) is 0 Å². The van der Waals surface area contributed by atoms with Crippen molar-refractivity contribution in [3.05, 3.63) is 135 Å². The molecule has 4 rings (SSSR count). The zero-order chi connectivity index (χ0) is 25.5. The van der Waals surface area contributed by atoms with Gasteiger partial charge in [0.1, 0.15) is 0 Å². The van der Waals surface area contributed by atoms with Crippen LogP contribution < -0.4 is 0 Å². The van der Waals surface area contributed by atoms with Crippen LogP contribution in [0.1, 0.15) is 11.1 Å². The average Bonchev–Trinajstić information content (AvgIpc) is 3.41. The van der Waals surface area contributed by atoms with Crippen LogP contribution in [0, 0.1) is 13.8 Å². The van der Waals surface area contributed by atoms with Crippen molar-refractivity contribution in [3.8, 4) is 0 Å². The molecule has 0 aliphatic heterocycles. The van der Waals surface area contributed by atoms with Gasteiger partial charge in [0.05, 0.1) is 0 Å². The molecule has 0 spiro atoms. The fourth-order valence-corrected chi connectivity index (χ4v) is 4.99. The molecule has 0 amide bonds. The second-order valence-corrected chi connectivity index (χ2v) is 9.85. The van der Waals surface area contributed by atoms with E-state index in [9.17, 15) is 0 Å². The third-order valence-corrected chi connectivity index (χ3v) is 6.50. The van der Waals surface area contributed by atoms with Crippen LogP contribution in [0.15, 0.2) is 123 Å². The fourth-order valence-electron chi connectivity index (χ4n) is 3.75. The standard InChI is InChI=1S/C12H20N2Si.2C10H9.Ti/c1-5-9-13(10-6-2)15-14(11-7-3)12-8-4;2*1-8-6-9-4-2-3-5-10(9)7-8;/h5-8H,1-4,9-12H2;2*2-7H,1H3;/q;2*-1;+2.